The normalized spacial score (nSPS) is 11.5. The van der Waals surface area contributed by atoms with Crippen molar-refractivity contribution in [3.63, 3.8) is 0 Å². The second kappa shape index (κ2) is 5.69. The van der Waals surface area contributed by atoms with Crippen molar-refractivity contribution in [1.82, 2.24) is 4.57 Å². The Kier molecular flexibility index (Phi) is 3.14. The molecule has 0 saturated heterocycles. The van der Waals surface area contributed by atoms with Crippen LogP contribution in [0, 0.1) is 6.57 Å². The lowest BCUT2D eigenvalue weighted by Crippen LogP contribution is -1.93. The number of rotatable bonds is 1. The molecule has 0 unspecified atom stereocenters. The summed E-state index contributed by atoms with van der Waals surface area (Å²) in [4.78, 5) is 3.61. The van der Waals surface area contributed by atoms with Crippen LogP contribution in [0.3, 0.4) is 0 Å². The van der Waals surface area contributed by atoms with Gasteiger partial charge >= 0.3 is 0 Å². The standard InChI is InChI=1S/C25H14N2S/c1-26-16-10-12-24-20(14-16)21-15-17(11-13-25(21)28-24)27-22-8-4-2-6-18(22)19-7-3-5-9-23(19)27/h2-15H. The molecule has 0 fully saturated rings. The summed E-state index contributed by atoms with van der Waals surface area (Å²) < 4.78 is 4.81. The van der Waals surface area contributed by atoms with Crippen LogP contribution in [-0.4, -0.2) is 4.57 Å². The fourth-order valence-electron chi connectivity index (χ4n) is 4.16. The summed E-state index contributed by atoms with van der Waals surface area (Å²) in [7, 11) is 0. The quantitative estimate of drug-likeness (QED) is 0.261. The van der Waals surface area contributed by atoms with E-state index < -0.39 is 0 Å². The maximum atomic E-state index is 7.34. The minimum Gasteiger partial charge on any atom is -0.309 e. The van der Waals surface area contributed by atoms with Crippen LogP contribution in [0.5, 0.6) is 0 Å². The van der Waals surface area contributed by atoms with Crippen molar-refractivity contribution < 1.29 is 0 Å². The van der Waals surface area contributed by atoms with Crippen LogP contribution in [0.1, 0.15) is 0 Å². The topological polar surface area (TPSA) is 9.29 Å². The number of benzene rings is 4. The van der Waals surface area contributed by atoms with Gasteiger partial charge in [0.15, 0.2) is 5.69 Å². The lowest BCUT2D eigenvalue weighted by molar-refractivity contribution is 1.19. The molecule has 4 aromatic carbocycles. The SMILES string of the molecule is [C-]#[N+]c1ccc2sc3ccc(-n4c5ccccc5c5ccccc54)cc3c2c1. The van der Waals surface area contributed by atoms with E-state index in [1.165, 1.54) is 36.6 Å². The molecular weight excluding hydrogens is 360 g/mol. The summed E-state index contributed by atoms with van der Waals surface area (Å²) in [6.45, 7) is 7.34. The Morgan fingerprint density at radius 1 is 0.643 bits per heavy atom. The first-order chi connectivity index (χ1) is 13.8. The van der Waals surface area contributed by atoms with Gasteiger partial charge in [0.2, 0.25) is 0 Å². The number of thiophene rings is 1. The summed E-state index contributed by atoms with van der Waals surface area (Å²) >= 11 is 1.78. The predicted molar refractivity (Wildman–Crippen MR) is 120 cm³/mol. The zero-order valence-electron chi connectivity index (χ0n) is 14.9. The van der Waals surface area contributed by atoms with Gasteiger partial charge < -0.3 is 4.57 Å². The van der Waals surface area contributed by atoms with Gasteiger partial charge in [0.1, 0.15) is 0 Å². The van der Waals surface area contributed by atoms with E-state index in [-0.39, 0.29) is 0 Å². The number of hydrogen-bond donors (Lipinski definition) is 0. The van der Waals surface area contributed by atoms with Gasteiger partial charge in [-0.3, -0.25) is 0 Å². The van der Waals surface area contributed by atoms with Crippen LogP contribution in [0.15, 0.2) is 84.9 Å². The molecule has 6 aromatic rings. The van der Waals surface area contributed by atoms with Crippen molar-refractivity contribution in [3.05, 3.63) is 96.3 Å². The van der Waals surface area contributed by atoms with Crippen molar-refractivity contribution in [2.45, 2.75) is 0 Å². The number of fused-ring (bicyclic) bond motifs is 6. The largest absolute Gasteiger partial charge is 0.309 e. The van der Waals surface area contributed by atoms with Crippen LogP contribution >= 0.6 is 11.3 Å². The van der Waals surface area contributed by atoms with Gasteiger partial charge in [-0.25, -0.2) is 4.85 Å². The van der Waals surface area contributed by atoms with Gasteiger partial charge in [0.25, 0.3) is 0 Å². The predicted octanol–water partition coefficient (Wildman–Crippen LogP) is 7.70. The highest BCUT2D eigenvalue weighted by Gasteiger charge is 2.13. The average molecular weight is 374 g/mol. The Bertz CT molecular complexity index is 1520. The summed E-state index contributed by atoms with van der Waals surface area (Å²) in [6, 6.07) is 29.8. The molecule has 2 heterocycles. The zero-order valence-corrected chi connectivity index (χ0v) is 15.7. The second-order valence-corrected chi connectivity index (χ2v) is 8.03. The lowest BCUT2D eigenvalue weighted by Gasteiger charge is -2.08. The van der Waals surface area contributed by atoms with Crippen molar-refractivity contribution in [1.29, 1.82) is 0 Å². The summed E-state index contributed by atoms with van der Waals surface area (Å²) in [5.41, 5.74) is 4.26. The van der Waals surface area contributed by atoms with E-state index in [1.54, 1.807) is 11.3 Å². The van der Waals surface area contributed by atoms with E-state index in [4.69, 9.17) is 6.57 Å². The van der Waals surface area contributed by atoms with Gasteiger partial charge in [-0.15, -0.1) is 11.3 Å². The Hall–Kier alpha value is -3.61. The van der Waals surface area contributed by atoms with Gasteiger partial charge in [0.05, 0.1) is 17.6 Å². The Labute approximate surface area is 165 Å². The molecule has 130 valence electrons. The monoisotopic (exact) mass is 374 g/mol. The number of aromatic nitrogens is 1. The fraction of sp³-hybridized carbons (Fsp3) is 0. The average Bonchev–Trinajstić information content (AvgIpc) is 3.28. The minimum absolute atomic E-state index is 0.689. The first-order valence-electron chi connectivity index (χ1n) is 9.16. The molecule has 2 aromatic heterocycles. The Balaban J connectivity index is 1.73. The second-order valence-electron chi connectivity index (χ2n) is 6.94. The lowest BCUT2D eigenvalue weighted by atomic mass is 10.1. The Morgan fingerprint density at radius 2 is 1.25 bits per heavy atom. The van der Waals surface area contributed by atoms with Crippen molar-refractivity contribution in [3.8, 4) is 5.69 Å². The third kappa shape index (κ3) is 2.07. The molecule has 6 rings (SSSR count). The molecule has 0 radical (unpaired) electrons. The van der Waals surface area contributed by atoms with E-state index >= 15 is 0 Å². The van der Waals surface area contributed by atoms with Crippen LogP contribution < -0.4 is 0 Å². The summed E-state index contributed by atoms with van der Waals surface area (Å²) in [5.74, 6) is 0. The molecule has 0 saturated carbocycles. The molecule has 0 N–H and O–H groups in total. The van der Waals surface area contributed by atoms with Crippen molar-refractivity contribution >= 4 is 59.0 Å². The highest BCUT2D eigenvalue weighted by Crippen LogP contribution is 2.38. The van der Waals surface area contributed by atoms with Gasteiger partial charge in [-0.1, -0.05) is 48.5 Å². The minimum atomic E-state index is 0.689. The van der Waals surface area contributed by atoms with E-state index in [1.807, 2.05) is 12.1 Å². The van der Waals surface area contributed by atoms with Gasteiger partial charge in [0, 0.05) is 31.2 Å². The molecule has 0 aliphatic carbocycles. The first kappa shape index (κ1) is 15.4. The molecular formula is C25H14N2S. The summed E-state index contributed by atoms with van der Waals surface area (Å²) in [5, 5.41) is 4.91. The molecule has 0 atom stereocenters. The third-order valence-corrected chi connectivity index (χ3v) is 6.56. The maximum Gasteiger partial charge on any atom is 0.187 e. The molecule has 28 heavy (non-hydrogen) atoms. The maximum absolute atomic E-state index is 7.34. The van der Waals surface area contributed by atoms with E-state index in [2.05, 4.69) is 82.2 Å². The molecule has 0 aliphatic heterocycles. The molecule has 0 bridgehead atoms. The molecule has 0 spiro atoms. The van der Waals surface area contributed by atoms with E-state index in [9.17, 15) is 0 Å². The van der Waals surface area contributed by atoms with Crippen LogP contribution in [0.25, 0.3) is 52.5 Å². The smallest absolute Gasteiger partial charge is 0.187 e. The molecule has 0 amide bonds. The highest BCUT2D eigenvalue weighted by atomic mass is 32.1. The molecule has 3 heteroatoms. The van der Waals surface area contributed by atoms with Gasteiger partial charge in [-0.2, -0.15) is 0 Å². The number of nitrogens with zero attached hydrogens (tertiary/aromatic N) is 2. The van der Waals surface area contributed by atoms with Crippen molar-refractivity contribution in [2.24, 2.45) is 0 Å². The zero-order chi connectivity index (χ0) is 18.7. The van der Waals surface area contributed by atoms with Gasteiger partial charge in [-0.05, 0) is 41.8 Å². The fourth-order valence-corrected chi connectivity index (χ4v) is 5.23. The number of hydrogen-bond acceptors (Lipinski definition) is 1. The van der Waals surface area contributed by atoms with Crippen molar-refractivity contribution in [2.75, 3.05) is 0 Å². The number of para-hydroxylation sites is 2. The van der Waals surface area contributed by atoms with E-state index in [0.717, 1.165) is 11.1 Å². The van der Waals surface area contributed by atoms with Crippen LogP contribution in [0.4, 0.5) is 5.69 Å². The molecule has 2 nitrogen and oxygen atoms in total. The molecule has 0 aliphatic rings. The summed E-state index contributed by atoms with van der Waals surface area (Å²) in [6.07, 6.45) is 0. The highest BCUT2D eigenvalue weighted by molar-refractivity contribution is 7.25. The first-order valence-corrected chi connectivity index (χ1v) is 9.97. The Morgan fingerprint density at radius 3 is 1.93 bits per heavy atom. The van der Waals surface area contributed by atoms with Crippen LogP contribution in [0.2, 0.25) is 0 Å². The van der Waals surface area contributed by atoms with E-state index in [0.29, 0.717) is 5.69 Å². The van der Waals surface area contributed by atoms with Crippen LogP contribution in [-0.2, 0) is 0 Å². The third-order valence-electron chi connectivity index (χ3n) is 5.40.